The number of piperazine rings is 1. The maximum atomic E-state index is 12.4. The van der Waals surface area contributed by atoms with Crippen molar-refractivity contribution in [3.8, 4) is 0 Å². The minimum Gasteiger partial charge on any atom is -1.00 e. The summed E-state index contributed by atoms with van der Waals surface area (Å²) < 4.78 is 29.9. The van der Waals surface area contributed by atoms with Gasteiger partial charge in [-0.15, -0.1) is 11.3 Å². The van der Waals surface area contributed by atoms with E-state index in [-0.39, 0.29) is 30.0 Å². The smallest absolute Gasteiger partial charge is 0.415 e. The van der Waals surface area contributed by atoms with Crippen LogP contribution in [0.4, 0.5) is 4.79 Å². The van der Waals surface area contributed by atoms with Gasteiger partial charge in [-0.1, -0.05) is 6.07 Å². The molecule has 3 heterocycles. The molecule has 0 atom stereocenters. The van der Waals surface area contributed by atoms with Crippen molar-refractivity contribution in [2.24, 2.45) is 7.05 Å². The Bertz CT molecular complexity index is 765. The van der Waals surface area contributed by atoms with Crippen molar-refractivity contribution in [2.45, 2.75) is 4.21 Å². The van der Waals surface area contributed by atoms with Crippen LogP contribution in [0.5, 0.6) is 0 Å². The third-order valence-corrected chi connectivity index (χ3v) is 6.86. The van der Waals surface area contributed by atoms with E-state index in [1.54, 1.807) is 45.7 Å². The number of carbonyl (C=O) groups excluding carboxylic acids is 1. The monoisotopic (exact) mass is 468 g/mol. The fourth-order valence-electron chi connectivity index (χ4n) is 2.38. The van der Waals surface area contributed by atoms with Gasteiger partial charge in [0.05, 0.1) is 7.05 Å². The Kier molecular flexibility index (Phi) is 5.81. The van der Waals surface area contributed by atoms with Gasteiger partial charge in [-0.25, -0.2) is 17.8 Å². The minimum atomic E-state index is -3.43. The van der Waals surface area contributed by atoms with Crippen molar-refractivity contribution >= 4 is 27.4 Å². The molecule has 2 aromatic heterocycles. The summed E-state index contributed by atoms with van der Waals surface area (Å²) in [5.74, 6) is 0. The molecule has 0 N–H and O–H groups in total. The number of hydrogen-bond donors (Lipinski definition) is 0. The molecule has 1 amide bonds. The van der Waals surface area contributed by atoms with Crippen molar-refractivity contribution in [3.05, 3.63) is 36.2 Å². The lowest BCUT2D eigenvalue weighted by molar-refractivity contribution is -0.670. The van der Waals surface area contributed by atoms with Gasteiger partial charge in [0, 0.05) is 26.2 Å². The average molecular weight is 468 g/mol. The van der Waals surface area contributed by atoms with Crippen LogP contribution < -0.4 is 28.5 Å². The fourth-order valence-corrected chi connectivity index (χ4v) is 4.95. The zero-order valence-corrected chi connectivity index (χ0v) is 16.3. The Balaban J connectivity index is 0.00000192. The molecule has 1 aliphatic rings. The summed E-state index contributed by atoms with van der Waals surface area (Å²) in [6, 6.07) is 3.20. The lowest BCUT2D eigenvalue weighted by Gasteiger charge is -2.32. The van der Waals surface area contributed by atoms with Crippen LogP contribution in [-0.4, -0.2) is 54.4 Å². The second-order valence-electron chi connectivity index (χ2n) is 5.09. The van der Waals surface area contributed by atoms with E-state index in [0.29, 0.717) is 30.4 Å². The Morgan fingerprint density at radius 2 is 1.96 bits per heavy atom. The van der Waals surface area contributed by atoms with Crippen molar-refractivity contribution in [1.82, 2.24) is 13.8 Å². The molecule has 1 saturated heterocycles. The first-order chi connectivity index (χ1) is 10.5. The number of sulfonamides is 1. The minimum absolute atomic E-state index is 0. The predicted molar refractivity (Wildman–Crippen MR) is 81.1 cm³/mol. The number of aryl methyl sites for hydroxylation is 1. The van der Waals surface area contributed by atoms with Crippen LogP contribution in [0.3, 0.4) is 0 Å². The molecule has 1 fully saturated rings. The average Bonchev–Trinajstić information content (AvgIpc) is 3.18. The number of nitrogens with zero attached hydrogens (tertiary/aromatic N) is 4. The summed E-state index contributed by atoms with van der Waals surface area (Å²) in [4.78, 5) is 14.0. The normalized spacial score (nSPS) is 16.1. The maximum Gasteiger partial charge on any atom is 0.415 e. The number of hydrogen-bond acceptors (Lipinski definition) is 4. The Morgan fingerprint density at radius 1 is 1.26 bits per heavy atom. The zero-order valence-electron chi connectivity index (χ0n) is 12.5. The lowest BCUT2D eigenvalue weighted by Crippen LogP contribution is -3.00. The fraction of sp³-hybridized carbons (Fsp3) is 0.385. The van der Waals surface area contributed by atoms with Gasteiger partial charge >= 0.3 is 6.03 Å². The quantitative estimate of drug-likeness (QED) is 0.358. The summed E-state index contributed by atoms with van der Waals surface area (Å²) in [6.07, 6.45) is 5.17. The second-order valence-corrected chi connectivity index (χ2v) is 8.20. The zero-order chi connectivity index (χ0) is 15.7. The number of carbonyl (C=O) groups is 1. The Hall–Kier alpha value is -0.980. The van der Waals surface area contributed by atoms with Crippen LogP contribution in [0.1, 0.15) is 0 Å². The molecule has 0 radical (unpaired) electrons. The number of amides is 1. The second kappa shape index (κ2) is 7.28. The molecule has 3 rings (SSSR count). The summed E-state index contributed by atoms with van der Waals surface area (Å²) in [5, 5.41) is 1.75. The van der Waals surface area contributed by atoms with Gasteiger partial charge in [0.25, 0.3) is 16.4 Å². The van der Waals surface area contributed by atoms with E-state index >= 15 is 0 Å². The lowest BCUT2D eigenvalue weighted by atomic mass is 10.4. The third kappa shape index (κ3) is 3.75. The first kappa shape index (κ1) is 18.4. The van der Waals surface area contributed by atoms with Gasteiger partial charge in [0.15, 0.2) is 0 Å². The van der Waals surface area contributed by atoms with E-state index in [0.717, 1.165) is 0 Å². The Labute approximate surface area is 156 Å². The number of thiophene rings is 1. The van der Waals surface area contributed by atoms with Gasteiger partial charge in [-0.2, -0.15) is 8.87 Å². The first-order valence-electron chi connectivity index (χ1n) is 6.84. The summed E-state index contributed by atoms with van der Waals surface area (Å²) in [7, 11) is -1.58. The van der Waals surface area contributed by atoms with Crippen LogP contribution in [-0.2, 0) is 17.1 Å². The standard InChI is InChI=1S/C13H17N4O3S2.HI/c1-14-4-5-16(11-14)13(18)15-6-8-17(9-7-15)22(19,20)12-3-2-10-21-12;/h2-5,10-11H,6-9H2,1H3;1H/q+1;/p-1. The topological polar surface area (TPSA) is 66.5 Å². The molecule has 0 spiro atoms. The first-order valence-corrected chi connectivity index (χ1v) is 9.16. The molecule has 1 aliphatic heterocycles. The van der Waals surface area contributed by atoms with Crippen molar-refractivity contribution in [3.63, 3.8) is 0 Å². The van der Waals surface area contributed by atoms with E-state index in [1.807, 2.05) is 7.05 Å². The third-order valence-electron chi connectivity index (χ3n) is 3.59. The van der Waals surface area contributed by atoms with Crippen molar-refractivity contribution in [2.75, 3.05) is 26.2 Å². The highest BCUT2D eigenvalue weighted by atomic mass is 127. The summed E-state index contributed by atoms with van der Waals surface area (Å²) in [6.45, 7) is 1.43. The molecular formula is C13H17IN4O3S2. The van der Waals surface area contributed by atoms with E-state index in [4.69, 9.17) is 0 Å². The van der Waals surface area contributed by atoms with E-state index in [2.05, 4.69) is 0 Å². The SMILES string of the molecule is C[n+]1ccn(C(=O)N2CCN(S(=O)(=O)c3cccs3)CC2)c1.[I-]. The van der Waals surface area contributed by atoms with Gasteiger partial charge in [0.2, 0.25) is 0 Å². The molecule has 7 nitrogen and oxygen atoms in total. The maximum absolute atomic E-state index is 12.4. The highest BCUT2D eigenvalue weighted by molar-refractivity contribution is 7.91. The highest BCUT2D eigenvalue weighted by Crippen LogP contribution is 2.22. The van der Waals surface area contributed by atoms with Crippen LogP contribution in [0.2, 0.25) is 0 Å². The van der Waals surface area contributed by atoms with Gasteiger partial charge < -0.3 is 28.9 Å². The van der Waals surface area contributed by atoms with Crippen molar-refractivity contribution < 1.29 is 41.8 Å². The number of imidazole rings is 1. The predicted octanol–water partition coefficient (Wildman–Crippen LogP) is -2.65. The molecule has 23 heavy (non-hydrogen) atoms. The molecule has 2 aromatic rings. The van der Waals surface area contributed by atoms with E-state index in [1.165, 1.54) is 20.2 Å². The van der Waals surface area contributed by atoms with Crippen LogP contribution >= 0.6 is 11.3 Å². The summed E-state index contributed by atoms with van der Waals surface area (Å²) >= 11 is 1.21. The molecule has 0 unspecified atom stereocenters. The molecule has 0 aromatic carbocycles. The van der Waals surface area contributed by atoms with Gasteiger partial charge in [-0.3, -0.25) is 0 Å². The molecule has 10 heteroatoms. The molecule has 0 aliphatic carbocycles. The summed E-state index contributed by atoms with van der Waals surface area (Å²) in [5.41, 5.74) is 0. The Morgan fingerprint density at radius 3 is 2.48 bits per heavy atom. The molecule has 126 valence electrons. The molecule has 0 saturated carbocycles. The van der Waals surface area contributed by atoms with E-state index in [9.17, 15) is 13.2 Å². The molecule has 0 bridgehead atoms. The van der Waals surface area contributed by atoms with Gasteiger partial charge in [-0.05, 0) is 11.4 Å². The number of halogens is 1. The van der Waals surface area contributed by atoms with Crippen LogP contribution in [0.25, 0.3) is 0 Å². The number of aromatic nitrogens is 2. The van der Waals surface area contributed by atoms with Gasteiger partial charge in [0.1, 0.15) is 16.6 Å². The van der Waals surface area contributed by atoms with E-state index < -0.39 is 10.0 Å². The largest absolute Gasteiger partial charge is 1.00 e. The van der Waals surface area contributed by atoms with Crippen molar-refractivity contribution in [1.29, 1.82) is 0 Å². The van der Waals surface area contributed by atoms with Crippen LogP contribution in [0, 0.1) is 0 Å². The molecular weight excluding hydrogens is 451 g/mol. The van der Waals surface area contributed by atoms with Crippen LogP contribution in [0.15, 0.2) is 40.4 Å². The highest BCUT2D eigenvalue weighted by Gasteiger charge is 2.32. The number of rotatable bonds is 2.